The third-order valence-electron chi connectivity index (χ3n) is 3.77. The lowest BCUT2D eigenvalue weighted by Gasteiger charge is -2.17. The second-order valence-electron chi connectivity index (χ2n) is 6.86. The molecule has 0 fully saturated rings. The number of carbonyl (C=O) groups excluding carboxylic acids is 2. The summed E-state index contributed by atoms with van der Waals surface area (Å²) < 4.78 is 10.3. The number of amides is 1. The summed E-state index contributed by atoms with van der Waals surface area (Å²) in [5.74, 6) is -0.195. The highest BCUT2D eigenvalue weighted by molar-refractivity contribution is 5.81. The van der Waals surface area contributed by atoms with Gasteiger partial charge in [-0.3, -0.25) is 0 Å². The number of carbonyl (C=O) groups is 2. The van der Waals surface area contributed by atoms with E-state index in [9.17, 15) is 9.59 Å². The van der Waals surface area contributed by atoms with Gasteiger partial charge in [-0.1, -0.05) is 71.8 Å². The summed E-state index contributed by atoms with van der Waals surface area (Å²) in [6.07, 6.45) is 10.8. The van der Waals surface area contributed by atoms with Crippen molar-refractivity contribution in [1.29, 1.82) is 0 Å². The minimum Gasteiger partial charge on any atom is -0.464 e. The number of rotatable bonds is 15. The van der Waals surface area contributed by atoms with Gasteiger partial charge >= 0.3 is 12.1 Å². The molecule has 0 aromatic rings. The van der Waals surface area contributed by atoms with Gasteiger partial charge in [0.1, 0.15) is 6.04 Å². The summed E-state index contributed by atoms with van der Waals surface area (Å²) in [5.41, 5.74) is 0. The van der Waals surface area contributed by atoms with E-state index in [1.165, 1.54) is 38.5 Å². The maximum atomic E-state index is 12.0. The molecule has 0 heterocycles. The fraction of sp³-hybridized carbons (Fsp3) is 0.800. The van der Waals surface area contributed by atoms with Gasteiger partial charge in [-0.15, -0.1) is 6.58 Å². The molecule has 0 radical (unpaired) electrons. The van der Waals surface area contributed by atoms with Crippen LogP contribution in [0, 0.1) is 5.92 Å². The van der Waals surface area contributed by atoms with Crippen LogP contribution in [0.4, 0.5) is 4.79 Å². The molecule has 5 nitrogen and oxygen atoms in total. The Morgan fingerprint density at radius 2 is 1.60 bits per heavy atom. The van der Waals surface area contributed by atoms with Crippen LogP contribution in [0.5, 0.6) is 0 Å². The molecule has 0 aliphatic heterocycles. The molecule has 0 saturated carbocycles. The van der Waals surface area contributed by atoms with Crippen molar-refractivity contribution in [2.45, 2.75) is 84.6 Å². The van der Waals surface area contributed by atoms with Crippen LogP contribution in [0.15, 0.2) is 12.7 Å². The van der Waals surface area contributed by atoms with Crippen LogP contribution in [0.3, 0.4) is 0 Å². The molecule has 146 valence electrons. The number of esters is 1. The zero-order chi connectivity index (χ0) is 18.9. The molecule has 0 aliphatic carbocycles. The first-order valence-corrected chi connectivity index (χ1v) is 9.72. The van der Waals surface area contributed by atoms with Gasteiger partial charge in [0, 0.05) is 0 Å². The van der Waals surface area contributed by atoms with Crippen LogP contribution in [-0.4, -0.2) is 31.3 Å². The average Bonchev–Trinajstić information content (AvgIpc) is 2.57. The Kier molecular flexibility index (Phi) is 15.0. The Balaban J connectivity index is 3.84. The van der Waals surface area contributed by atoms with E-state index in [0.29, 0.717) is 19.6 Å². The van der Waals surface area contributed by atoms with Crippen LogP contribution in [0.2, 0.25) is 0 Å². The van der Waals surface area contributed by atoms with E-state index in [1.807, 2.05) is 13.8 Å². The number of hydrogen-bond donors (Lipinski definition) is 1. The zero-order valence-electron chi connectivity index (χ0n) is 16.4. The quantitative estimate of drug-likeness (QED) is 0.255. The highest BCUT2D eigenvalue weighted by Crippen LogP contribution is 2.08. The summed E-state index contributed by atoms with van der Waals surface area (Å²) in [7, 11) is 0. The third-order valence-corrected chi connectivity index (χ3v) is 3.77. The molecule has 0 aromatic heterocycles. The van der Waals surface area contributed by atoms with Crippen molar-refractivity contribution in [3.8, 4) is 0 Å². The topological polar surface area (TPSA) is 64.6 Å². The predicted molar refractivity (Wildman–Crippen MR) is 101 cm³/mol. The minimum absolute atomic E-state index is 0.252. The Bertz CT molecular complexity index is 369. The van der Waals surface area contributed by atoms with Crippen molar-refractivity contribution in [3.63, 3.8) is 0 Å². The Morgan fingerprint density at radius 1 is 1.00 bits per heavy atom. The molecule has 0 rings (SSSR count). The lowest BCUT2D eigenvalue weighted by atomic mass is 10.1. The molecule has 0 spiro atoms. The molecule has 0 saturated heterocycles. The third kappa shape index (κ3) is 14.5. The Labute approximate surface area is 153 Å². The molecule has 0 aromatic carbocycles. The van der Waals surface area contributed by atoms with E-state index in [0.717, 1.165) is 12.8 Å². The molecular weight excluding hydrogens is 318 g/mol. The molecule has 1 unspecified atom stereocenters. The molecule has 0 aliphatic rings. The van der Waals surface area contributed by atoms with E-state index in [-0.39, 0.29) is 5.92 Å². The molecule has 1 amide bonds. The lowest BCUT2D eigenvalue weighted by molar-refractivity contribution is -0.147. The van der Waals surface area contributed by atoms with Crippen molar-refractivity contribution in [3.05, 3.63) is 12.7 Å². The van der Waals surface area contributed by atoms with Gasteiger partial charge in [-0.2, -0.15) is 0 Å². The van der Waals surface area contributed by atoms with E-state index in [1.54, 1.807) is 6.08 Å². The van der Waals surface area contributed by atoms with E-state index in [4.69, 9.17) is 9.47 Å². The average molecular weight is 356 g/mol. The van der Waals surface area contributed by atoms with Gasteiger partial charge in [0.2, 0.25) is 0 Å². The SMILES string of the molecule is C=CCC(NC(=O)OCCCCCCCCCC)C(=O)OCC(C)C. The standard InChI is InChI=1S/C20H37NO4/c1-5-7-8-9-10-11-12-13-15-24-20(23)21-18(14-6-2)19(22)25-16-17(3)4/h6,17-18H,2,5,7-16H2,1,3-4H3,(H,21,23). The van der Waals surface area contributed by atoms with E-state index < -0.39 is 18.1 Å². The fourth-order valence-corrected chi connectivity index (χ4v) is 2.31. The fourth-order valence-electron chi connectivity index (χ4n) is 2.31. The van der Waals surface area contributed by atoms with Gasteiger partial charge < -0.3 is 14.8 Å². The smallest absolute Gasteiger partial charge is 0.407 e. The number of ether oxygens (including phenoxy) is 2. The van der Waals surface area contributed by atoms with Gasteiger partial charge in [-0.25, -0.2) is 9.59 Å². The highest BCUT2D eigenvalue weighted by atomic mass is 16.6. The monoisotopic (exact) mass is 355 g/mol. The second-order valence-corrected chi connectivity index (χ2v) is 6.86. The summed E-state index contributed by atoms with van der Waals surface area (Å²) in [4.78, 5) is 23.8. The number of alkyl carbamates (subject to hydrolysis) is 1. The Hall–Kier alpha value is -1.52. The molecular formula is C20H37NO4. The van der Waals surface area contributed by atoms with Gasteiger partial charge in [0.05, 0.1) is 13.2 Å². The minimum atomic E-state index is -0.734. The van der Waals surface area contributed by atoms with E-state index in [2.05, 4.69) is 18.8 Å². The van der Waals surface area contributed by atoms with Crippen molar-refractivity contribution >= 4 is 12.1 Å². The molecule has 5 heteroatoms. The lowest BCUT2D eigenvalue weighted by Crippen LogP contribution is -2.42. The summed E-state index contributed by atoms with van der Waals surface area (Å²) in [6.45, 7) is 10.5. The van der Waals surface area contributed by atoms with Crippen LogP contribution in [-0.2, 0) is 14.3 Å². The van der Waals surface area contributed by atoms with Crippen LogP contribution in [0.25, 0.3) is 0 Å². The summed E-state index contributed by atoms with van der Waals surface area (Å²) >= 11 is 0. The van der Waals surface area contributed by atoms with E-state index >= 15 is 0 Å². The maximum absolute atomic E-state index is 12.0. The molecule has 0 bridgehead atoms. The zero-order valence-corrected chi connectivity index (χ0v) is 16.4. The van der Waals surface area contributed by atoms with Crippen molar-refractivity contribution in [2.24, 2.45) is 5.92 Å². The Morgan fingerprint density at radius 3 is 2.16 bits per heavy atom. The second kappa shape index (κ2) is 16.0. The van der Waals surface area contributed by atoms with Gasteiger partial charge in [0.25, 0.3) is 0 Å². The first-order chi connectivity index (χ1) is 12.0. The van der Waals surface area contributed by atoms with Crippen LogP contribution >= 0.6 is 0 Å². The summed E-state index contributed by atoms with van der Waals surface area (Å²) in [5, 5.41) is 2.56. The number of unbranched alkanes of at least 4 members (excludes halogenated alkanes) is 7. The number of nitrogens with one attached hydrogen (secondary N) is 1. The van der Waals surface area contributed by atoms with Crippen molar-refractivity contribution in [1.82, 2.24) is 5.32 Å². The van der Waals surface area contributed by atoms with Gasteiger partial charge in [-0.05, 0) is 18.8 Å². The number of hydrogen-bond acceptors (Lipinski definition) is 4. The van der Waals surface area contributed by atoms with Crippen molar-refractivity contribution in [2.75, 3.05) is 13.2 Å². The molecule has 25 heavy (non-hydrogen) atoms. The summed E-state index contributed by atoms with van der Waals surface area (Å²) in [6, 6.07) is -0.734. The van der Waals surface area contributed by atoms with Gasteiger partial charge in [0.15, 0.2) is 0 Å². The maximum Gasteiger partial charge on any atom is 0.407 e. The largest absolute Gasteiger partial charge is 0.464 e. The first kappa shape index (κ1) is 23.5. The molecule has 1 atom stereocenters. The predicted octanol–water partition coefficient (Wildman–Crippen LogP) is 5.00. The van der Waals surface area contributed by atoms with Crippen LogP contribution in [0.1, 0.15) is 78.6 Å². The highest BCUT2D eigenvalue weighted by Gasteiger charge is 2.21. The van der Waals surface area contributed by atoms with Crippen LogP contribution < -0.4 is 5.32 Å². The normalized spacial score (nSPS) is 11.8. The first-order valence-electron chi connectivity index (χ1n) is 9.72. The molecule has 1 N–H and O–H groups in total. The van der Waals surface area contributed by atoms with Crippen molar-refractivity contribution < 1.29 is 19.1 Å².